The van der Waals surface area contributed by atoms with Crippen molar-refractivity contribution >= 4 is 11.9 Å². The van der Waals surface area contributed by atoms with Crippen molar-refractivity contribution in [2.75, 3.05) is 6.61 Å². The maximum atomic E-state index is 10.9. The van der Waals surface area contributed by atoms with Gasteiger partial charge in [-0.2, -0.15) is 0 Å². The average Bonchev–Trinajstić information content (AvgIpc) is 1.98. The fourth-order valence-corrected chi connectivity index (χ4v) is 0.524. The van der Waals surface area contributed by atoms with Gasteiger partial charge in [0.1, 0.15) is 6.04 Å². The van der Waals surface area contributed by atoms with Crippen molar-refractivity contribution in [1.29, 1.82) is 0 Å². The van der Waals surface area contributed by atoms with Gasteiger partial charge < -0.3 is 15.5 Å². The highest BCUT2D eigenvalue weighted by Crippen LogP contribution is 1.92. The highest BCUT2D eigenvalue weighted by molar-refractivity contribution is 5.84. The molecule has 0 radical (unpaired) electrons. The number of nitrogens with one attached hydrogen (secondary N) is 1. The number of hydrogen-bond donors (Lipinski definition) is 3. The summed E-state index contributed by atoms with van der Waals surface area (Å²) < 4.78 is 0. The van der Waals surface area contributed by atoms with Gasteiger partial charge in [-0.05, 0) is 0 Å². The molecule has 5 nitrogen and oxygen atoms in total. The van der Waals surface area contributed by atoms with Crippen molar-refractivity contribution in [3.63, 3.8) is 0 Å². The Hall–Kier alpha value is -1.10. The Balaban J connectivity index is 4.03. The predicted octanol–water partition coefficient (Wildman–Crippen LogP) is -0.796. The molecule has 0 aliphatic rings. The molecule has 70 valence electrons. The van der Waals surface area contributed by atoms with E-state index in [9.17, 15) is 9.59 Å². The number of carbonyl (C=O) groups is 2. The van der Waals surface area contributed by atoms with Gasteiger partial charge in [-0.15, -0.1) is 0 Å². The van der Waals surface area contributed by atoms with Crippen LogP contribution < -0.4 is 5.32 Å². The molecule has 0 aliphatic carbocycles. The SMILES string of the molecule is CC(C)C(=O)N[C@@H](CO)C(=O)O. The van der Waals surface area contributed by atoms with Crippen LogP contribution in [0, 0.1) is 5.92 Å². The summed E-state index contributed by atoms with van der Waals surface area (Å²) in [6.07, 6.45) is 0. The summed E-state index contributed by atoms with van der Waals surface area (Å²) in [4.78, 5) is 21.2. The van der Waals surface area contributed by atoms with E-state index >= 15 is 0 Å². The Morgan fingerprint density at radius 2 is 1.92 bits per heavy atom. The standard InChI is InChI=1S/C7H13NO4/c1-4(2)6(10)8-5(3-9)7(11)12/h4-5,9H,3H2,1-2H3,(H,8,10)(H,11,12)/t5-/m0/s1. The van der Waals surface area contributed by atoms with E-state index in [1.54, 1.807) is 13.8 Å². The van der Waals surface area contributed by atoms with E-state index in [2.05, 4.69) is 5.32 Å². The molecule has 0 aromatic heterocycles. The van der Waals surface area contributed by atoms with Crippen molar-refractivity contribution in [2.24, 2.45) is 5.92 Å². The second-order valence-corrected chi connectivity index (χ2v) is 2.74. The molecule has 0 saturated heterocycles. The molecule has 0 bridgehead atoms. The summed E-state index contributed by atoms with van der Waals surface area (Å²) in [5, 5.41) is 19.1. The zero-order valence-corrected chi connectivity index (χ0v) is 7.07. The molecule has 0 saturated carbocycles. The van der Waals surface area contributed by atoms with E-state index in [4.69, 9.17) is 10.2 Å². The lowest BCUT2D eigenvalue weighted by molar-refractivity contribution is -0.143. The minimum absolute atomic E-state index is 0.279. The second-order valence-electron chi connectivity index (χ2n) is 2.74. The van der Waals surface area contributed by atoms with Gasteiger partial charge in [0.25, 0.3) is 0 Å². The van der Waals surface area contributed by atoms with E-state index in [0.717, 1.165) is 0 Å². The number of carboxylic acid groups (broad SMARTS) is 1. The van der Waals surface area contributed by atoms with E-state index in [-0.39, 0.29) is 11.8 Å². The van der Waals surface area contributed by atoms with Gasteiger partial charge in [-0.3, -0.25) is 4.79 Å². The fraction of sp³-hybridized carbons (Fsp3) is 0.714. The first-order valence-corrected chi connectivity index (χ1v) is 3.63. The summed E-state index contributed by atoms with van der Waals surface area (Å²) in [6.45, 7) is 2.70. The molecule has 0 aromatic rings. The van der Waals surface area contributed by atoms with Crippen LogP contribution in [0.4, 0.5) is 0 Å². The van der Waals surface area contributed by atoms with Gasteiger partial charge in [0.05, 0.1) is 6.61 Å². The average molecular weight is 175 g/mol. The third-order valence-corrected chi connectivity index (χ3v) is 1.32. The number of carboxylic acids is 1. The molecule has 0 fully saturated rings. The molecule has 3 N–H and O–H groups in total. The zero-order valence-electron chi connectivity index (χ0n) is 7.07. The molecule has 0 spiro atoms. The number of aliphatic hydroxyl groups is 1. The van der Waals surface area contributed by atoms with Gasteiger partial charge in [0.2, 0.25) is 5.91 Å². The third kappa shape index (κ3) is 3.34. The van der Waals surface area contributed by atoms with Gasteiger partial charge in [-0.25, -0.2) is 4.79 Å². The Labute approximate surface area is 70.4 Å². The Bertz CT molecular complexity index is 178. The maximum absolute atomic E-state index is 10.9. The van der Waals surface area contributed by atoms with Crippen molar-refractivity contribution in [3.05, 3.63) is 0 Å². The van der Waals surface area contributed by atoms with Crippen molar-refractivity contribution in [2.45, 2.75) is 19.9 Å². The molecule has 5 heteroatoms. The van der Waals surface area contributed by atoms with Crippen molar-refractivity contribution < 1.29 is 19.8 Å². The zero-order chi connectivity index (χ0) is 9.72. The first kappa shape index (κ1) is 10.9. The molecule has 0 aliphatic heterocycles. The number of amides is 1. The molecule has 0 aromatic carbocycles. The summed E-state index contributed by atoms with van der Waals surface area (Å²) in [7, 11) is 0. The summed E-state index contributed by atoms with van der Waals surface area (Å²) in [6, 6.07) is -1.19. The van der Waals surface area contributed by atoms with Crippen LogP contribution in [-0.4, -0.2) is 34.7 Å². The minimum Gasteiger partial charge on any atom is -0.480 e. The molecule has 0 heterocycles. The summed E-state index contributed by atoms with van der Waals surface area (Å²) >= 11 is 0. The highest BCUT2D eigenvalue weighted by Gasteiger charge is 2.19. The third-order valence-electron chi connectivity index (χ3n) is 1.32. The largest absolute Gasteiger partial charge is 0.480 e. The van der Waals surface area contributed by atoms with E-state index < -0.39 is 18.6 Å². The quantitative estimate of drug-likeness (QED) is 0.522. The number of rotatable bonds is 4. The lowest BCUT2D eigenvalue weighted by Crippen LogP contribution is -2.44. The highest BCUT2D eigenvalue weighted by atomic mass is 16.4. The van der Waals surface area contributed by atoms with E-state index in [0.29, 0.717) is 0 Å². The summed E-state index contributed by atoms with van der Waals surface area (Å²) in [5.74, 6) is -1.89. The minimum atomic E-state index is -1.23. The Morgan fingerprint density at radius 1 is 1.42 bits per heavy atom. The smallest absolute Gasteiger partial charge is 0.328 e. The van der Waals surface area contributed by atoms with E-state index in [1.807, 2.05) is 0 Å². The maximum Gasteiger partial charge on any atom is 0.328 e. The fourth-order valence-electron chi connectivity index (χ4n) is 0.524. The lowest BCUT2D eigenvalue weighted by atomic mass is 10.2. The monoisotopic (exact) mass is 175 g/mol. The van der Waals surface area contributed by atoms with Gasteiger partial charge in [0.15, 0.2) is 0 Å². The van der Waals surface area contributed by atoms with Crippen molar-refractivity contribution in [3.8, 4) is 0 Å². The van der Waals surface area contributed by atoms with Crippen LogP contribution in [0.5, 0.6) is 0 Å². The van der Waals surface area contributed by atoms with Gasteiger partial charge >= 0.3 is 5.97 Å². The number of carbonyl (C=O) groups excluding carboxylic acids is 1. The molecule has 0 rings (SSSR count). The first-order valence-electron chi connectivity index (χ1n) is 3.63. The van der Waals surface area contributed by atoms with Gasteiger partial charge in [-0.1, -0.05) is 13.8 Å². The first-order chi connectivity index (χ1) is 5.49. The number of hydrogen-bond acceptors (Lipinski definition) is 3. The molecule has 0 unspecified atom stereocenters. The topological polar surface area (TPSA) is 86.6 Å². The summed E-state index contributed by atoms with van der Waals surface area (Å²) in [5.41, 5.74) is 0. The number of aliphatic carboxylic acids is 1. The molecule has 1 amide bonds. The molecule has 12 heavy (non-hydrogen) atoms. The molecular weight excluding hydrogens is 162 g/mol. The molecule has 1 atom stereocenters. The van der Waals surface area contributed by atoms with Crippen molar-refractivity contribution in [1.82, 2.24) is 5.32 Å². The lowest BCUT2D eigenvalue weighted by Gasteiger charge is -2.12. The van der Waals surface area contributed by atoms with Crippen LogP contribution >= 0.6 is 0 Å². The Morgan fingerprint density at radius 3 is 2.17 bits per heavy atom. The van der Waals surface area contributed by atoms with E-state index in [1.165, 1.54) is 0 Å². The predicted molar refractivity (Wildman–Crippen MR) is 41.5 cm³/mol. The molecular formula is C7H13NO4. The number of aliphatic hydroxyl groups excluding tert-OH is 1. The normalized spacial score (nSPS) is 12.7. The van der Waals surface area contributed by atoms with Crippen LogP contribution in [0.25, 0.3) is 0 Å². The van der Waals surface area contributed by atoms with Crippen LogP contribution in [0.1, 0.15) is 13.8 Å². The second kappa shape index (κ2) is 4.71. The van der Waals surface area contributed by atoms with Crippen LogP contribution in [-0.2, 0) is 9.59 Å². The van der Waals surface area contributed by atoms with Crippen LogP contribution in [0.2, 0.25) is 0 Å². The van der Waals surface area contributed by atoms with Crippen LogP contribution in [0.15, 0.2) is 0 Å². The van der Waals surface area contributed by atoms with Gasteiger partial charge in [0, 0.05) is 5.92 Å². The van der Waals surface area contributed by atoms with Crippen LogP contribution in [0.3, 0.4) is 0 Å². The Kier molecular flexibility index (Phi) is 4.28.